The number of carbonyl (C=O) groups is 1. The van der Waals surface area contributed by atoms with E-state index in [0.29, 0.717) is 0 Å². The summed E-state index contributed by atoms with van der Waals surface area (Å²) in [6.45, 7) is 4.06. The monoisotopic (exact) mass is 244 g/mol. The van der Waals surface area contributed by atoms with Crippen molar-refractivity contribution >= 4 is 5.97 Å². The van der Waals surface area contributed by atoms with Crippen molar-refractivity contribution in [3.05, 3.63) is 47.3 Å². The lowest BCUT2D eigenvalue weighted by molar-refractivity contribution is 0.0690. The Morgan fingerprint density at radius 1 is 1.39 bits per heavy atom. The van der Waals surface area contributed by atoms with E-state index in [2.05, 4.69) is 12.0 Å². The zero-order valence-electron chi connectivity index (χ0n) is 10.6. The molecule has 0 spiro atoms. The third kappa shape index (κ3) is 2.27. The molecule has 18 heavy (non-hydrogen) atoms. The second kappa shape index (κ2) is 5.04. The molecule has 0 bridgehead atoms. The standard InChI is InChI=1S/C14H16N2O2/c1-3-6-11-9-12(14(17)18)15-16(11)13-8-5-4-7-10(13)2/h4-5,7-9H,3,6H2,1-2H3,(H,17,18). The van der Waals surface area contributed by atoms with E-state index in [1.165, 1.54) is 0 Å². The van der Waals surface area contributed by atoms with Gasteiger partial charge in [-0.25, -0.2) is 9.48 Å². The molecule has 0 aliphatic carbocycles. The number of benzene rings is 1. The lowest BCUT2D eigenvalue weighted by Gasteiger charge is -2.09. The summed E-state index contributed by atoms with van der Waals surface area (Å²) in [5.41, 5.74) is 3.05. The van der Waals surface area contributed by atoms with Crippen molar-refractivity contribution < 1.29 is 9.90 Å². The predicted octanol–water partition coefficient (Wildman–Crippen LogP) is 2.83. The molecule has 0 aliphatic rings. The van der Waals surface area contributed by atoms with Crippen molar-refractivity contribution in [2.75, 3.05) is 0 Å². The van der Waals surface area contributed by atoms with Crippen LogP contribution >= 0.6 is 0 Å². The Labute approximate surface area is 106 Å². The van der Waals surface area contributed by atoms with Gasteiger partial charge in [0.1, 0.15) is 0 Å². The highest BCUT2D eigenvalue weighted by atomic mass is 16.4. The van der Waals surface area contributed by atoms with Gasteiger partial charge < -0.3 is 5.11 Å². The van der Waals surface area contributed by atoms with E-state index in [1.807, 2.05) is 31.2 Å². The molecule has 2 rings (SSSR count). The van der Waals surface area contributed by atoms with Gasteiger partial charge in [-0.2, -0.15) is 5.10 Å². The minimum atomic E-state index is -0.986. The normalized spacial score (nSPS) is 10.6. The molecular formula is C14H16N2O2. The molecule has 4 nitrogen and oxygen atoms in total. The maximum Gasteiger partial charge on any atom is 0.356 e. The van der Waals surface area contributed by atoms with E-state index in [4.69, 9.17) is 5.11 Å². The maximum atomic E-state index is 11.0. The number of aromatic nitrogens is 2. The summed E-state index contributed by atoms with van der Waals surface area (Å²) in [6, 6.07) is 9.48. The third-order valence-corrected chi connectivity index (χ3v) is 2.85. The molecule has 1 N–H and O–H groups in total. The first-order valence-electron chi connectivity index (χ1n) is 6.01. The van der Waals surface area contributed by atoms with Gasteiger partial charge >= 0.3 is 5.97 Å². The summed E-state index contributed by atoms with van der Waals surface area (Å²) in [5.74, 6) is -0.986. The van der Waals surface area contributed by atoms with Gasteiger partial charge in [0.2, 0.25) is 0 Å². The largest absolute Gasteiger partial charge is 0.476 e. The minimum absolute atomic E-state index is 0.0988. The van der Waals surface area contributed by atoms with Crippen LogP contribution in [0.1, 0.15) is 35.1 Å². The first-order chi connectivity index (χ1) is 8.63. The maximum absolute atomic E-state index is 11.0. The second-order valence-electron chi connectivity index (χ2n) is 4.27. The summed E-state index contributed by atoms with van der Waals surface area (Å²) in [4.78, 5) is 11.0. The van der Waals surface area contributed by atoms with E-state index < -0.39 is 5.97 Å². The average molecular weight is 244 g/mol. The van der Waals surface area contributed by atoms with E-state index in [1.54, 1.807) is 10.7 Å². The number of carboxylic acid groups (broad SMARTS) is 1. The topological polar surface area (TPSA) is 55.1 Å². The lowest BCUT2D eigenvalue weighted by atomic mass is 10.2. The summed E-state index contributed by atoms with van der Waals surface area (Å²) in [7, 11) is 0. The molecule has 1 heterocycles. The van der Waals surface area contributed by atoms with Crippen LogP contribution in [0.2, 0.25) is 0 Å². The number of carboxylic acids is 1. The molecule has 0 fully saturated rings. The number of aryl methyl sites for hydroxylation is 2. The Morgan fingerprint density at radius 3 is 2.72 bits per heavy atom. The number of nitrogens with zero attached hydrogens (tertiary/aromatic N) is 2. The molecule has 0 amide bonds. The van der Waals surface area contributed by atoms with Crippen molar-refractivity contribution in [1.82, 2.24) is 9.78 Å². The number of hydrogen-bond acceptors (Lipinski definition) is 2. The van der Waals surface area contributed by atoms with Gasteiger partial charge in [0, 0.05) is 5.69 Å². The van der Waals surface area contributed by atoms with Gasteiger partial charge in [0.15, 0.2) is 5.69 Å². The van der Waals surface area contributed by atoms with Gasteiger partial charge in [0.05, 0.1) is 5.69 Å². The van der Waals surface area contributed by atoms with Crippen LogP contribution in [-0.4, -0.2) is 20.9 Å². The first-order valence-corrected chi connectivity index (χ1v) is 6.01. The van der Waals surface area contributed by atoms with Crippen molar-refractivity contribution in [2.24, 2.45) is 0 Å². The third-order valence-electron chi connectivity index (χ3n) is 2.85. The Hall–Kier alpha value is -2.10. The van der Waals surface area contributed by atoms with Crippen LogP contribution < -0.4 is 0 Å². The van der Waals surface area contributed by atoms with Crippen LogP contribution in [0.25, 0.3) is 5.69 Å². The van der Waals surface area contributed by atoms with Crippen molar-refractivity contribution in [1.29, 1.82) is 0 Å². The Morgan fingerprint density at radius 2 is 2.11 bits per heavy atom. The summed E-state index contributed by atoms with van der Waals surface area (Å²) in [6.07, 6.45) is 1.77. The van der Waals surface area contributed by atoms with Crippen LogP contribution in [0.5, 0.6) is 0 Å². The van der Waals surface area contributed by atoms with Crippen LogP contribution in [0.15, 0.2) is 30.3 Å². The molecule has 1 aromatic heterocycles. The molecular weight excluding hydrogens is 228 g/mol. The number of aromatic carboxylic acids is 1. The van der Waals surface area contributed by atoms with Crippen LogP contribution in [0.3, 0.4) is 0 Å². The van der Waals surface area contributed by atoms with Crippen LogP contribution in [0.4, 0.5) is 0 Å². The van der Waals surface area contributed by atoms with Gasteiger partial charge in [-0.15, -0.1) is 0 Å². The van der Waals surface area contributed by atoms with E-state index in [0.717, 1.165) is 29.8 Å². The smallest absolute Gasteiger partial charge is 0.356 e. The lowest BCUT2D eigenvalue weighted by Crippen LogP contribution is -2.05. The quantitative estimate of drug-likeness (QED) is 0.899. The highest BCUT2D eigenvalue weighted by Gasteiger charge is 2.14. The van der Waals surface area contributed by atoms with E-state index >= 15 is 0 Å². The number of rotatable bonds is 4. The molecule has 4 heteroatoms. The SMILES string of the molecule is CCCc1cc(C(=O)O)nn1-c1ccccc1C. The summed E-state index contributed by atoms with van der Waals surface area (Å²) < 4.78 is 1.74. The minimum Gasteiger partial charge on any atom is -0.476 e. The molecule has 0 unspecified atom stereocenters. The molecule has 2 aromatic rings. The fraction of sp³-hybridized carbons (Fsp3) is 0.286. The van der Waals surface area contributed by atoms with Gasteiger partial charge in [-0.3, -0.25) is 0 Å². The molecule has 0 atom stereocenters. The second-order valence-corrected chi connectivity index (χ2v) is 4.27. The molecule has 0 saturated heterocycles. The zero-order valence-corrected chi connectivity index (χ0v) is 10.6. The zero-order chi connectivity index (χ0) is 13.1. The fourth-order valence-electron chi connectivity index (χ4n) is 1.97. The number of para-hydroxylation sites is 1. The Kier molecular flexibility index (Phi) is 3.46. The molecule has 1 aromatic carbocycles. The van der Waals surface area contributed by atoms with Gasteiger partial charge in [-0.05, 0) is 31.0 Å². The average Bonchev–Trinajstić information content (AvgIpc) is 2.74. The molecule has 0 radical (unpaired) electrons. The fourth-order valence-corrected chi connectivity index (χ4v) is 1.97. The predicted molar refractivity (Wildman–Crippen MR) is 69.3 cm³/mol. The van der Waals surface area contributed by atoms with E-state index in [-0.39, 0.29) is 5.69 Å². The number of hydrogen-bond donors (Lipinski definition) is 1. The van der Waals surface area contributed by atoms with Crippen LogP contribution in [-0.2, 0) is 6.42 Å². The Bertz CT molecular complexity index is 573. The van der Waals surface area contributed by atoms with Crippen LogP contribution in [0, 0.1) is 6.92 Å². The van der Waals surface area contributed by atoms with Crippen molar-refractivity contribution in [2.45, 2.75) is 26.7 Å². The summed E-state index contributed by atoms with van der Waals surface area (Å²) >= 11 is 0. The highest BCUT2D eigenvalue weighted by Crippen LogP contribution is 2.17. The van der Waals surface area contributed by atoms with E-state index in [9.17, 15) is 4.79 Å². The highest BCUT2D eigenvalue weighted by molar-refractivity contribution is 5.85. The molecule has 0 aliphatic heterocycles. The van der Waals surface area contributed by atoms with Crippen molar-refractivity contribution in [3.8, 4) is 5.69 Å². The van der Waals surface area contributed by atoms with Gasteiger partial charge in [-0.1, -0.05) is 31.5 Å². The Balaban J connectivity index is 2.55. The first kappa shape index (κ1) is 12.4. The summed E-state index contributed by atoms with van der Waals surface area (Å²) in [5, 5.41) is 13.2. The van der Waals surface area contributed by atoms with Crippen molar-refractivity contribution in [3.63, 3.8) is 0 Å². The molecule has 94 valence electrons. The molecule has 0 saturated carbocycles. The van der Waals surface area contributed by atoms with Gasteiger partial charge in [0.25, 0.3) is 0 Å².